The molecular formula is C16H16N4O8S2. The Labute approximate surface area is 171 Å². The molecule has 12 nitrogen and oxygen atoms in total. The van der Waals surface area contributed by atoms with Crippen molar-refractivity contribution < 1.29 is 35.5 Å². The van der Waals surface area contributed by atoms with Crippen molar-refractivity contribution in [2.24, 2.45) is 10.2 Å². The molecule has 0 atom stereocenters. The first-order valence-electron chi connectivity index (χ1n) is 7.97. The Morgan fingerprint density at radius 3 is 1.33 bits per heavy atom. The lowest BCUT2D eigenvalue weighted by atomic mass is 10.2. The highest BCUT2D eigenvalue weighted by molar-refractivity contribution is 7.86. The van der Waals surface area contributed by atoms with E-state index in [9.17, 15) is 26.4 Å². The Morgan fingerprint density at radius 2 is 1.07 bits per heavy atom. The van der Waals surface area contributed by atoms with Gasteiger partial charge in [-0.3, -0.25) is 18.7 Å². The van der Waals surface area contributed by atoms with Crippen LogP contribution in [-0.4, -0.2) is 37.8 Å². The molecule has 4 N–H and O–H groups in total. The second-order valence-electron chi connectivity index (χ2n) is 5.87. The lowest BCUT2D eigenvalue weighted by Gasteiger charge is -2.09. The van der Waals surface area contributed by atoms with E-state index in [-0.39, 0.29) is 22.7 Å². The molecule has 0 heterocycles. The topological polar surface area (TPSA) is 192 Å². The zero-order chi connectivity index (χ0) is 22.7. The van der Waals surface area contributed by atoms with Crippen molar-refractivity contribution in [2.75, 3.05) is 10.6 Å². The minimum Gasteiger partial charge on any atom is -0.324 e. The molecule has 2 aromatic carbocycles. The van der Waals surface area contributed by atoms with Gasteiger partial charge in [0.15, 0.2) is 0 Å². The summed E-state index contributed by atoms with van der Waals surface area (Å²) in [4.78, 5) is 21.8. The maximum Gasteiger partial charge on any atom is 0.294 e. The van der Waals surface area contributed by atoms with Gasteiger partial charge in [-0.05, 0) is 36.4 Å². The van der Waals surface area contributed by atoms with E-state index in [1.54, 1.807) is 0 Å². The molecule has 2 amide bonds. The van der Waals surface area contributed by atoms with Gasteiger partial charge in [0, 0.05) is 13.8 Å². The third-order valence-corrected chi connectivity index (χ3v) is 5.12. The van der Waals surface area contributed by atoms with E-state index < -0.39 is 41.8 Å². The average Bonchev–Trinajstić information content (AvgIpc) is 2.58. The molecule has 0 spiro atoms. The van der Waals surface area contributed by atoms with Crippen molar-refractivity contribution in [1.82, 2.24) is 0 Å². The van der Waals surface area contributed by atoms with Gasteiger partial charge in [0.25, 0.3) is 20.2 Å². The van der Waals surface area contributed by atoms with Crippen LogP contribution in [-0.2, 0) is 29.8 Å². The normalized spacial score (nSPS) is 12.0. The summed E-state index contributed by atoms with van der Waals surface area (Å²) in [5, 5.41) is 12.5. The summed E-state index contributed by atoms with van der Waals surface area (Å²) < 4.78 is 63.5. The predicted molar refractivity (Wildman–Crippen MR) is 105 cm³/mol. The fourth-order valence-electron chi connectivity index (χ4n) is 2.21. The SMILES string of the molecule is CC(=O)Nc1cc(S(=O)(=O)O)ccc1N=Nc1ccc(S(=O)(=O)O)cc1NC(C)=O. The third-order valence-electron chi connectivity index (χ3n) is 3.42. The van der Waals surface area contributed by atoms with E-state index in [1.165, 1.54) is 26.0 Å². The van der Waals surface area contributed by atoms with Crippen LogP contribution in [0.1, 0.15) is 13.8 Å². The summed E-state index contributed by atoms with van der Waals surface area (Å²) in [5.74, 6) is -1.09. The third kappa shape index (κ3) is 6.15. The summed E-state index contributed by atoms with van der Waals surface area (Å²) in [7, 11) is -9.07. The largest absolute Gasteiger partial charge is 0.324 e. The first-order chi connectivity index (χ1) is 13.8. The summed E-state index contributed by atoms with van der Waals surface area (Å²) in [5.41, 5.74) is -0.135. The molecule has 0 saturated heterocycles. The van der Waals surface area contributed by atoms with Gasteiger partial charge in [-0.1, -0.05) is 0 Å². The Bertz CT molecular complexity index is 1160. The van der Waals surface area contributed by atoms with E-state index in [2.05, 4.69) is 20.9 Å². The Hall–Kier alpha value is -3.20. The Kier molecular flexibility index (Phi) is 6.66. The van der Waals surface area contributed by atoms with Crippen molar-refractivity contribution in [3.05, 3.63) is 36.4 Å². The number of azo groups is 1. The number of rotatable bonds is 6. The first-order valence-corrected chi connectivity index (χ1v) is 10.9. The number of nitrogens with zero attached hydrogens (tertiary/aromatic N) is 2. The van der Waals surface area contributed by atoms with Crippen molar-refractivity contribution in [3.63, 3.8) is 0 Å². The Morgan fingerprint density at radius 1 is 0.733 bits per heavy atom. The minimum atomic E-state index is -4.54. The quantitative estimate of drug-likeness (QED) is 0.376. The fraction of sp³-hybridized carbons (Fsp3) is 0.125. The number of anilines is 2. The summed E-state index contributed by atoms with van der Waals surface area (Å²) >= 11 is 0. The predicted octanol–water partition coefficient (Wildman–Crippen LogP) is 2.51. The number of carbonyl (C=O) groups is 2. The lowest BCUT2D eigenvalue weighted by molar-refractivity contribution is -0.115. The number of nitrogens with one attached hydrogen (secondary N) is 2. The van der Waals surface area contributed by atoms with Crippen molar-refractivity contribution in [3.8, 4) is 0 Å². The van der Waals surface area contributed by atoms with Crippen LogP contribution in [0.4, 0.5) is 22.7 Å². The highest BCUT2D eigenvalue weighted by Gasteiger charge is 2.15. The van der Waals surface area contributed by atoms with Crippen LogP contribution in [0.15, 0.2) is 56.4 Å². The van der Waals surface area contributed by atoms with Crippen LogP contribution in [0, 0.1) is 0 Å². The van der Waals surface area contributed by atoms with Crippen molar-refractivity contribution in [2.45, 2.75) is 23.6 Å². The molecule has 0 aliphatic rings. The van der Waals surface area contributed by atoms with Gasteiger partial charge in [0.1, 0.15) is 11.4 Å². The number of benzene rings is 2. The van der Waals surface area contributed by atoms with Crippen LogP contribution in [0.3, 0.4) is 0 Å². The van der Waals surface area contributed by atoms with Crippen LogP contribution >= 0.6 is 0 Å². The number of amides is 2. The standard InChI is InChI=1S/C16H16N4O8S2/c1-9(21)17-15-7-11(29(23,24)25)3-5-13(15)19-20-14-6-4-12(30(26,27)28)8-16(14)18-10(2)22/h3-8H,1-2H3,(H,17,21)(H,18,22)(H,23,24,25)(H,26,27,28). The second kappa shape index (κ2) is 8.66. The highest BCUT2D eigenvalue weighted by Crippen LogP contribution is 2.33. The summed E-state index contributed by atoms with van der Waals surface area (Å²) in [6.45, 7) is 2.34. The minimum absolute atomic E-state index is 0.00484. The van der Waals surface area contributed by atoms with Crippen LogP contribution in [0.5, 0.6) is 0 Å². The number of hydrogen-bond acceptors (Lipinski definition) is 8. The van der Waals surface area contributed by atoms with Gasteiger partial charge in [-0.2, -0.15) is 16.8 Å². The first kappa shape index (κ1) is 23.1. The van der Waals surface area contributed by atoms with Gasteiger partial charge in [-0.25, -0.2) is 0 Å². The fourth-order valence-corrected chi connectivity index (χ4v) is 3.23. The zero-order valence-electron chi connectivity index (χ0n) is 15.5. The lowest BCUT2D eigenvalue weighted by Crippen LogP contribution is -2.08. The molecule has 30 heavy (non-hydrogen) atoms. The van der Waals surface area contributed by atoms with Crippen molar-refractivity contribution in [1.29, 1.82) is 0 Å². The summed E-state index contributed by atoms with van der Waals surface area (Å²) in [6, 6.07) is 6.35. The molecule has 0 saturated carbocycles. The summed E-state index contributed by atoms with van der Waals surface area (Å²) in [6.07, 6.45) is 0. The molecule has 2 rings (SSSR count). The van der Waals surface area contributed by atoms with Gasteiger partial charge in [0.2, 0.25) is 11.8 Å². The monoisotopic (exact) mass is 456 g/mol. The molecule has 0 aliphatic heterocycles. The molecule has 0 aromatic heterocycles. The van der Waals surface area contributed by atoms with E-state index in [1.807, 2.05) is 0 Å². The molecule has 160 valence electrons. The van der Waals surface area contributed by atoms with Crippen LogP contribution in [0.2, 0.25) is 0 Å². The van der Waals surface area contributed by atoms with Gasteiger partial charge >= 0.3 is 0 Å². The second-order valence-corrected chi connectivity index (χ2v) is 8.71. The molecule has 0 fully saturated rings. The van der Waals surface area contributed by atoms with Gasteiger partial charge < -0.3 is 10.6 Å². The molecule has 0 bridgehead atoms. The molecule has 2 aromatic rings. The van der Waals surface area contributed by atoms with Gasteiger partial charge in [0.05, 0.1) is 21.2 Å². The molecular weight excluding hydrogens is 440 g/mol. The van der Waals surface area contributed by atoms with Crippen LogP contribution in [0.25, 0.3) is 0 Å². The maximum absolute atomic E-state index is 11.4. The van der Waals surface area contributed by atoms with E-state index in [4.69, 9.17) is 9.11 Å². The molecule has 0 radical (unpaired) electrons. The molecule has 0 aliphatic carbocycles. The number of carbonyl (C=O) groups excluding carboxylic acids is 2. The van der Waals surface area contributed by atoms with E-state index in [0.29, 0.717) is 0 Å². The molecule has 14 heteroatoms. The number of hydrogen-bond donors (Lipinski definition) is 4. The Balaban J connectivity index is 2.55. The average molecular weight is 456 g/mol. The van der Waals surface area contributed by atoms with E-state index >= 15 is 0 Å². The molecule has 0 unspecified atom stereocenters. The van der Waals surface area contributed by atoms with Crippen molar-refractivity contribution >= 4 is 54.8 Å². The van der Waals surface area contributed by atoms with E-state index in [0.717, 1.165) is 24.3 Å². The highest BCUT2D eigenvalue weighted by atomic mass is 32.2. The maximum atomic E-state index is 11.4. The van der Waals surface area contributed by atoms with Crippen LogP contribution < -0.4 is 10.6 Å². The van der Waals surface area contributed by atoms with Gasteiger partial charge in [-0.15, -0.1) is 10.2 Å². The smallest absolute Gasteiger partial charge is 0.294 e. The zero-order valence-corrected chi connectivity index (χ0v) is 17.2.